The summed E-state index contributed by atoms with van der Waals surface area (Å²) < 4.78 is 11.9. The Morgan fingerprint density at radius 2 is 1.90 bits per heavy atom. The van der Waals surface area contributed by atoms with Gasteiger partial charge in [-0.05, 0) is 56.6 Å². The molecule has 1 unspecified atom stereocenters. The van der Waals surface area contributed by atoms with Gasteiger partial charge in [-0.2, -0.15) is 4.98 Å². The number of aromatic nitrogens is 3. The first-order valence-corrected chi connectivity index (χ1v) is 11.1. The molecule has 2 fully saturated rings. The lowest BCUT2D eigenvalue weighted by molar-refractivity contribution is 0.00578. The second-order valence-electron chi connectivity index (χ2n) is 8.77. The summed E-state index contributed by atoms with van der Waals surface area (Å²) in [5.41, 5.74) is 1.81. The third-order valence-electron chi connectivity index (χ3n) is 6.02. The minimum atomic E-state index is 0.0183. The molecular formula is C23H33N5O2. The molecule has 2 aliphatic rings. The van der Waals surface area contributed by atoms with Crippen LogP contribution in [-0.4, -0.2) is 54.4 Å². The highest BCUT2D eigenvalue weighted by molar-refractivity contribution is 5.68. The second-order valence-corrected chi connectivity index (χ2v) is 8.77. The third kappa shape index (κ3) is 5.19. The Morgan fingerprint density at radius 3 is 2.57 bits per heavy atom. The lowest BCUT2D eigenvalue weighted by atomic mass is 9.87. The number of ether oxygens (including phenoxy) is 2. The largest absolute Gasteiger partial charge is 0.471 e. The molecule has 1 N–H and O–H groups in total. The van der Waals surface area contributed by atoms with Crippen molar-refractivity contribution in [2.24, 2.45) is 5.92 Å². The topological polar surface area (TPSA) is 72.4 Å². The number of nitrogens with one attached hydrogen (secondary N) is 1. The van der Waals surface area contributed by atoms with Gasteiger partial charge in [-0.15, -0.1) is 0 Å². The summed E-state index contributed by atoms with van der Waals surface area (Å²) >= 11 is 0. The molecule has 1 saturated carbocycles. The Labute approximate surface area is 179 Å². The highest BCUT2D eigenvalue weighted by atomic mass is 16.5. The van der Waals surface area contributed by atoms with E-state index in [2.05, 4.69) is 22.2 Å². The summed E-state index contributed by atoms with van der Waals surface area (Å²) in [4.78, 5) is 15.9. The van der Waals surface area contributed by atoms with E-state index in [1.165, 1.54) is 12.8 Å². The summed E-state index contributed by atoms with van der Waals surface area (Å²) in [7, 11) is 3.96. The van der Waals surface area contributed by atoms with Crippen LogP contribution in [0.5, 0.6) is 5.88 Å². The normalized spacial score (nSPS) is 24.3. The van der Waals surface area contributed by atoms with Crippen molar-refractivity contribution in [1.82, 2.24) is 15.0 Å². The molecule has 1 saturated heterocycles. The molecule has 3 heterocycles. The Morgan fingerprint density at radius 1 is 1.07 bits per heavy atom. The molecule has 0 amide bonds. The molecule has 2 aromatic heterocycles. The predicted octanol–water partition coefficient (Wildman–Crippen LogP) is 4.15. The first-order chi connectivity index (χ1) is 14.6. The summed E-state index contributed by atoms with van der Waals surface area (Å²) in [5.74, 6) is 2.97. The van der Waals surface area contributed by atoms with Crippen molar-refractivity contribution in [3.05, 3.63) is 24.5 Å². The molecule has 0 aromatic carbocycles. The molecule has 1 atom stereocenters. The van der Waals surface area contributed by atoms with Crippen molar-refractivity contribution in [2.75, 3.05) is 37.5 Å². The van der Waals surface area contributed by atoms with Crippen molar-refractivity contribution in [3.63, 3.8) is 0 Å². The maximum atomic E-state index is 6.31. The monoisotopic (exact) mass is 411 g/mol. The highest BCUT2D eigenvalue weighted by Gasteiger charge is 2.22. The number of rotatable bonds is 6. The predicted molar refractivity (Wildman–Crippen MR) is 119 cm³/mol. The van der Waals surface area contributed by atoms with E-state index in [-0.39, 0.29) is 6.10 Å². The van der Waals surface area contributed by atoms with Crippen LogP contribution in [0.3, 0.4) is 0 Å². The van der Waals surface area contributed by atoms with Gasteiger partial charge >= 0.3 is 0 Å². The zero-order valence-electron chi connectivity index (χ0n) is 18.3. The van der Waals surface area contributed by atoms with Crippen LogP contribution in [-0.2, 0) is 4.74 Å². The van der Waals surface area contributed by atoms with Crippen molar-refractivity contribution in [2.45, 2.75) is 57.6 Å². The van der Waals surface area contributed by atoms with Gasteiger partial charge in [0.2, 0.25) is 11.8 Å². The Bertz CT molecular complexity index is 813. The standard InChI is InChI=1S/C23H33N5O2/c1-16-6-9-18(10-7-16)26-23-25-14-20(17-8-11-21(24-13-17)28(2)3)22(27-23)30-19-5-4-12-29-15-19/h8,11,13-14,16,18-19H,4-7,9-10,12,15H2,1-3H3,(H,25,26,27)/t16-,18-,19?. The molecule has 0 radical (unpaired) electrons. The molecule has 4 rings (SSSR count). The Kier molecular flexibility index (Phi) is 6.67. The first kappa shape index (κ1) is 20.8. The summed E-state index contributed by atoms with van der Waals surface area (Å²) in [5, 5.41) is 3.53. The Balaban J connectivity index is 1.57. The molecule has 1 aliphatic heterocycles. The maximum absolute atomic E-state index is 6.31. The van der Waals surface area contributed by atoms with Crippen LogP contribution in [0.25, 0.3) is 11.1 Å². The van der Waals surface area contributed by atoms with Crippen LogP contribution in [0, 0.1) is 5.92 Å². The van der Waals surface area contributed by atoms with Gasteiger partial charge in [0, 0.05) is 44.7 Å². The van der Waals surface area contributed by atoms with Gasteiger partial charge in [0.1, 0.15) is 11.9 Å². The van der Waals surface area contributed by atoms with Crippen LogP contribution in [0.1, 0.15) is 45.4 Å². The van der Waals surface area contributed by atoms with Gasteiger partial charge < -0.3 is 19.7 Å². The van der Waals surface area contributed by atoms with E-state index in [9.17, 15) is 0 Å². The van der Waals surface area contributed by atoms with Gasteiger partial charge in [-0.25, -0.2) is 9.97 Å². The SMILES string of the molecule is CN(C)c1ccc(-c2cnc(N[C@H]3CC[C@H](C)CC3)nc2OC2CCCOC2)cn1. The fourth-order valence-electron chi connectivity index (χ4n) is 4.08. The van der Waals surface area contributed by atoms with E-state index in [4.69, 9.17) is 14.5 Å². The van der Waals surface area contributed by atoms with Crippen molar-refractivity contribution in [3.8, 4) is 17.0 Å². The number of hydrogen-bond acceptors (Lipinski definition) is 7. The maximum Gasteiger partial charge on any atom is 0.226 e. The average molecular weight is 412 g/mol. The van der Waals surface area contributed by atoms with Crippen LogP contribution in [0.4, 0.5) is 11.8 Å². The lowest BCUT2D eigenvalue weighted by Crippen LogP contribution is -2.29. The van der Waals surface area contributed by atoms with Crippen molar-refractivity contribution >= 4 is 11.8 Å². The fourth-order valence-corrected chi connectivity index (χ4v) is 4.08. The van der Waals surface area contributed by atoms with E-state index in [0.717, 1.165) is 55.2 Å². The number of nitrogens with zero attached hydrogens (tertiary/aromatic N) is 4. The van der Waals surface area contributed by atoms with E-state index in [0.29, 0.717) is 24.5 Å². The van der Waals surface area contributed by atoms with E-state index in [1.54, 1.807) is 0 Å². The lowest BCUT2D eigenvalue weighted by Gasteiger charge is -2.27. The van der Waals surface area contributed by atoms with Gasteiger partial charge in [-0.3, -0.25) is 0 Å². The summed E-state index contributed by atoms with van der Waals surface area (Å²) in [6.07, 6.45) is 10.5. The molecule has 30 heavy (non-hydrogen) atoms. The zero-order valence-corrected chi connectivity index (χ0v) is 18.3. The number of anilines is 2. The molecular weight excluding hydrogens is 378 g/mol. The van der Waals surface area contributed by atoms with Gasteiger partial charge in [-0.1, -0.05) is 6.92 Å². The fraction of sp³-hybridized carbons (Fsp3) is 0.609. The van der Waals surface area contributed by atoms with Gasteiger partial charge in [0.05, 0.1) is 12.2 Å². The minimum Gasteiger partial charge on any atom is -0.471 e. The number of hydrogen-bond donors (Lipinski definition) is 1. The van der Waals surface area contributed by atoms with Crippen LogP contribution in [0.15, 0.2) is 24.5 Å². The first-order valence-electron chi connectivity index (χ1n) is 11.1. The molecule has 2 aromatic rings. The molecule has 7 heteroatoms. The molecule has 7 nitrogen and oxygen atoms in total. The quantitative estimate of drug-likeness (QED) is 0.765. The van der Waals surface area contributed by atoms with Crippen molar-refractivity contribution in [1.29, 1.82) is 0 Å². The van der Waals surface area contributed by atoms with E-state index >= 15 is 0 Å². The Hall–Kier alpha value is -2.41. The van der Waals surface area contributed by atoms with Gasteiger partial charge in [0.15, 0.2) is 0 Å². The summed E-state index contributed by atoms with van der Waals surface area (Å²) in [6, 6.07) is 4.47. The molecule has 1 aliphatic carbocycles. The van der Waals surface area contributed by atoms with E-state index in [1.807, 2.05) is 43.5 Å². The van der Waals surface area contributed by atoms with Crippen LogP contribution >= 0.6 is 0 Å². The number of pyridine rings is 1. The molecule has 0 bridgehead atoms. The van der Waals surface area contributed by atoms with Crippen molar-refractivity contribution < 1.29 is 9.47 Å². The molecule has 0 spiro atoms. The van der Waals surface area contributed by atoms with Crippen LogP contribution < -0.4 is 15.0 Å². The highest BCUT2D eigenvalue weighted by Crippen LogP contribution is 2.32. The molecule has 162 valence electrons. The van der Waals surface area contributed by atoms with Gasteiger partial charge in [0.25, 0.3) is 0 Å². The van der Waals surface area contributed by atoms with E-state index < -0.39 is 0 Å². The summed E-state index contributed by atoms with van der Waals surface area (Å²) in [6.45, 7) is 3.74. The third-order valence-corrected chi connectivity index (χ3v) is 6.02. The smallest absolute Gasteiger partial charge is 0.226 e. The van der Waals surface area contributed by atoms with Crippen LogP contribution in [0.2, 0.25) is 0 Å². The minimum absolute atomic E-state index is 0.0183. The zero-order chi connectivity index (χ0) is 20.9. The second kappa shape index (κ2) is 9.60. The average Bonchev–Trinajstić information content (AvgIpc) is 2.76.